The number of aliphatic carboxylic acids is 4. The molecule has 0 aliphatic carbocycles. The van der Waals surface area contributed by atoms with Gasteiger partial charge in [-0.3, -0.25) is 24.0 Å². The van der Waals surface area contributed by atoms with E-state index >= 15 is 0 Å². The number of anilines is 2. The molecule has 0 saturated carbocycles. The maximum absolute atomic E-state index is 14.5. The number of nitrogens with one attached hydrogen (secondary N) is 7. The van der Waals surface area contributed by atoms with E-state index in [1.165, 1.54) is 4.90 Å². The number of aldehydes is 1. The number of alkyl halides is 1. The van der Waals surface area contributed by atoms with Crippen LogP contribution in [-0.4, -0.2) is 225 Å². The van der Waals surface area contributed by atoms with Gasteiger partial charge in [0, 0.05) is 13.0 Å². The Bertz CT molecular complexity index is 2760. The molecule has 2 aliphatic heterocycles. The van der Waals surface area contributed by atoms with Crippen LogP contribution in [0.1, 0.15) is 110 Å². The summed E-state index contributed by atoms with van der Waals surface area (Å²) in [6.45, 7) is 8.87. The van der Waals surface area contributed by atoms with Crippen molar-refractivity contribution in [3.63, 3.8) is 0 Å². The molecule has 2 fully saturated rings. The summed E-state index contributed by atoms with van der Waals surface area (Å²) >= 11 is -1.11. The van der Waals surface area contributed by atoms with Gasteiger partial charge in [0.05, 0.1) is 0 Å². The molecule has 14 N–H and O–H groups in total. The summed E-state index contributed by atoms with van der Waals surface area (Å²) < 4.78 is 1.98. The molecule has 0 bridgehead atoms. The number of hydrogen-bond acceptors (Lipinski definition) is 20. The van der Waals surface area contributed by atoms with E-state index < -0.39 is 134 Å². The van der Waals surface area contributed by atoms with Crippen LogP contribution in [0.4, 0.5) is 11.4 Å². The maximum Gasteiger partial charge on any atom is 0.326 e. The molecule has 2 aromatic carbocycles. The normalized spacial score (nSPS) is 18.8. The minimum atomic E-state index is -1.37. The molecule has 2 heterocycles. The summed E-state index contributed by atoms with van der Waals surface area (Å²) in [5, 5.41) is 59.0. The van der Waals surface area contributed by atoms with Crippen LogP contribution in [0.3, 0.4) is 0 Å². The van der Waals surface area contributed by atoms with E-state index in [-0.39, 0.29) is 139 Å². The number of amides is 5. The van der Waals surface area contributed by atoms with E-state index in [1.807, 2.05) is 13.8 Å². The monoisotopic (exact) mass is 1380 g/mol. The zero-order chi connectivity index (χ0) is 66.5. The molecule has 9 atom stereocenters. The largest absolute Gasteiger partial charge is 0.480 e. The summed E-state index contributed by atoms with van der Waals surface area (Å²) in [4.78, 5) is 164. The van der Waals surface area contributed by atoms with Gasteiger partial charge in [0.15, 0.2) is 0 Å². The topological polar surface area (TPSA) is 430 Å². The van der Waals surface area contributed by atoms with Crippen LogP contribution in [0.15, 0.2) is 39.9 Å². The Morgan fingerprint density at radius 2 is 1.34 bits per heavy atom. The van der Waals surface area contributed by atoms with Crippen molar-refractivity contribution in [3.8, 4) is 0 Å². The van der Waals surface area contributed by atoms with Crippen molar-refractivity contribution in [2.75, 3.05) is 100 Å². The number of nitrogens with two attached hydrogens (primary N) is 2. The molecule has 0 spiro atoms. The number of rotatable bonds is 39. The average Bonchev–Trinajstić information content (AvgIpc) is 0.952. The molecule has 90 heavy (non-hydrogen) atoms. The first-order valence-electron chi connectivity index (χ1n) is 31.2. The van der Waals surface area contributed by atoms with E-state index in [9.17, 15) is 78.0 Å². The number of benzene rings is 1. The number of quaternary nitrogens is 1. The maximum atomic E-state index is 14.5. The van der Waals surface area contributed by atoms with E-state index in [2.05, 4.69) is 31.9 Å². The fraction of sp³-hybridized carbons (Fsp3) is 0.667. The Balaban J connectivity index is 1.49. The first-order valence-corrected chi connectivity index (χ1v) is 33.7. The summed E-state index contributed by atoms with van der Waals surface area (Å²) in [5.74, 6) is -8.79. The molecule has 2 saturated heterocycles. The van der Waals surface area contributed by atoms with Gasteiger partial charge in [-0.05, 0) is 81.9 Å². The quantitative estimate of drug-likeness (QED) is 0.00563. The molecule has 9 unspecified atom stereocenters. The second kappa shape index (κ2) is 39.5. The number of likely N-dealkylation sites (tertiary alicyclic amines) is 1. The zero-order valence-corrected chi connectivity index (χ0v) is 54.4. The number of halogens is 1. The van der Waals surface area contributed by atoms with Crippen LogP contribution >= 0.6 is 0 Å². The number of carbonyl (C=O) groups excluding carboxylic acids is 7. The molecule has 30 heteroatoms. The van der Waals surface area contributed by atoms with Gasteiger partial charge >= 0.3 is 254 Å². The van der Waals surface area contributed by atoms with Gasteiger partial charge in [0.25, 0.3) is 0 Å². The minimum Gasteiger partial charge on any atom is -0.480 e. The third-order valence-electron chi connectivity index (χ3n) is 16.2. The summed E-state index contributed by atoms with van der Waals surface area (Å²) in [6, 6.07) is 0.567. The summed E-state index contributed by atoms with van der Waals surface area (Å²) in [5.41, 5.74) is 10.2. The Kier molecular flexibility index (Phi) is 33.3. The standard InChI is InChI=1S/C60H95IN13O16/c1-5-39(4)49(57(85)66-41(17-9-11-21-62)54(82)67-42(18-10-12-22-63)58(86)74-24-14-20-45(74)56(84)68-44(59(87)88)34-40-15-7-6-8-16-40)69-55(83)43(33-38(2)3)65-51-50(52(80)53(51)81)64-23-13-19-46(60(89)90)72-29-27-70(31-32-75)25-26-71(35-47(76)77)28-30-73(61-37-72)36-48(78)79/h6-8,15-16,32,38-39,41-46,49,64-65H,5,9-14,17-31,33-37,62-63H2,1-4H3,(H,66,85)(H,67,82)(H,68,84)(H,69,83)(H,76,77)(H,78,79)(H,87,88)(H,89,90)/q-1. The van der Waals surface area contributed by atoms with E-state index in [4.69, 9.17) is 11.5 Å². The minimum absolute atomic E-state index is 0.00782. The third kappa shape index (κ3) is 24.8. The Morgan fingerprint density at radius 1 is 0.722 bits per heavy atom. The predicted octanol–water partition coefficient (Wildman–Crippen LogP) is -6.88. The Labute approximate surface area is 535 Å². The van der Waals surface area contributed by atoms with Crippen LogP contribution in [0, 0.1) is 11.8 Å². The smallest absolute Gasteiger partial charge is 0.326 e. The molecule has 5 amide bonds. The van der Waals surface area contributed by atoms with Gasteiger partial charge in [0.2, 0.25) is 23.6 Å². The van der Waals surface area contributed by atoms with Gasteiger partial charge in [-0.25, -0.2) is 4.79 Å². The molecule has 29 nitrogen and oxygen atoms in total. The molecule has 504 valence electrons. The van der Waals surface area contributed by atoms with Gasteiger partial charge in [-0.1, -0.05) is 64.4 Å². The zero-order valence-electron chi connectivity index (χ0n) is 52.2. The molecule has 0 radical (unpaired) electrons. The average molecular weight is 1380 g/mol. The first-order chi connectivity index (χ1) is 42.9. The number of nitrogens with zero attached hydrogens (tertiary/aromatic N) is 4. The summed E-state index contributed by atoms with van der Waals surface area (Å²) in [7, 11) is 0. The van der Waals surface area contributed by atoms with Crippen LogP contribution in [0.2, 0.25) is 0 Å². The van der Waals surface area contributed by atoms with Crippen molar-refractivity contribution in [3.05, 3.63) is 56.3 Å². The van der Waals surface area contributed by atoms with Gasteiger partial charge in [-0.15, -0.1) is 0 Å². The second-order valence-corrected chi connectivity index (χ2v) is 26.4. The van der Waals surface area contributed by atoms with E-state index in [1.54, 1.807) is 57.1 Å². The molecule has 4 rings (SSSR count). The Morgan fingerprint density at radius 3 is 1.96 bits per heavy atom. The van der Waals surface area contributed by atoms with E-state index in [0.29, 0.717) is 68.4 Å². The second-order valence-electron chi connectivity index (χ2n) is 23.6. The summed E-state index contributed by atoms with van der Waals surface area (Å²) in [6.07, 6.45) is 4.10. The van der Waals surface area contributed by atoms with Gasteiger partial charge in [-0.2, -0.15) is 0 Å². The van der Waals surface area contributed by atoms with E-state index in [0.717, 1.165) is 0 Å². The first kappa shape index (κ1) is 75.7. The van der Waals surface area contributed by atoms with Crippen LogP contribution in [0.5, 0.6) is 0 Å². The number of carboxylic acids is 4. The van der Waals surface area contributed by atoms with Gasteiger partial charge < -0.3 is 42.7 Å². The number of unbranched alkanes of at least 4 members (excludes halogenated alkanes) is 2. The molecular weight excluding hydrogens is 1290 g/mol. The molecular formula is C60H95IN13O16-. The van der Waals surface area contributed by atoms with Gasteiger partial charge in [0.1, 0.15) is 30.2 Å². The Hall–Kier alpha value is -6.71. The fourth-order valence-electron chi connectivity index (χ4n) is 10.9. The number of carbonyl (C=O) groups is 10. The fourth-order valence-corrected chi connectivity index (χ4v) is 13.8. The van der Waals surface area contributed by atoms with Crippen molar-refractivity contribution < 1.29 is 94.8 Å². The molecule has 2 aliphatic rings. The molecule has 0 aromatic heterocycles. The van der Waals surface area contributed by atoms with Crippen molar-refractivity contribution >= 4 is 71.1 Å². The van der Waals surface area contributed by atoms with Crippen LogP contribution in [0.25, 0.3) is 0 Å². The van der Waals surface area contributed by atoms with Crippen LogP contribution < -0.4 is 85.7 Å². The third-order valence-corrected chi connectivity index (χ3v) is 19.3. The molecule has 2 aromatic rings. The number of hydrogen-bond donors (Lipinski definition) is 12. The number of carboxylic acid groups (broad SMARTS) is 4. The van der Waals surface area contributed by atoms with Crippen molar-refractivity contribution in [2.45, 2.75) is 153 Å². The van der Waals surface area contributed by atoms with Crippen molar-refractivity contribution in [1.29, 1.82) is 0 Å². The van der Waals surface area contributed by atoms with Crippen LogP contribution in [-0.2, 0) is 54.4 Å². The van der Waals surface area contributed by atoms with Crippen molar-refractivity contribution in [1.82, 2.24) is 39.1 Å². The van der Waals surface area contributed by atoms with Crippen molar-refractivity contribution in [2.24, 2.45) is 23.3 Å². The SMILES string of the molecule is CCC(C)C(NC(=O)C(CC(C)C)Nc1c(NCCCC(C(=O)[O-])[NH+]2CCN(CC=O)CCN(CC(=O)O)CCN(CC(=O)O)[I-]C2)c(=O)c1=O)C(=O)NC(CCCCN)C(=O)NC(CCCCN)C(=O)N1CCCC1C(=O)NC(Cc1ccccc1)C(=O)O. The predicted molar refractivity (Wildman–Crippen MR) is 327 cm³/mol.